The van der Waals surface area contributed by atoms with Gasteiger partial charge in [-0.05, 0) is 30.4 Å². The fraction of sp³-hybridized carbons (Fsp3) is 0. The zero-order chi connectivity index (χ0) is 17.1. The minimum absolute atomic E-state index is 0.237. The van der Waals surface area contributed by atoms with E-state index in [9.17, 15) is 22.4 Å². The van der Waals surface area contributed by atoms with Crippen molar-refractivity contribution in [3.63, 3.8) is 0 Å². The van der Waals surface area contributed by atoms with E-state index in [4.69, 9.17) is 23.8 Å². The molecule has 0 spiro atoms. The molecular formula is C14H7ClF4N2OS. The van der Waals surface area contributed by atoms with E-state index in [0.717, 1.165) is 0 Å². The summed E-state index contributed by atoms with van der Waals surface area (Å²) in [7, 11) is 0. The fourth-order valence-electron chi connectivity index (χ4n) is 1.62. The van der Waals surface area contributed by atoms with Gasteiger partial charge >= 0.3 is 0 Å². The molecule has 0 heterocycles. The van der Waals surface area contributed by atoms with Crippen LogP contribution in [0.1, 0.15) is 10.4 Å². The molecular weight excluding hydrogens is 356 g/mol. The van der Waals surface area contributed by atoms with E-state index in [0.29, 0.717) is 10.7 Å². The van der Waals surface area contributed by atoms with Crippen LogP contribution in [-0.2, 0) is 0 Å². The second-order valence-electron chi connectivity index (χ2n) is 4.24. The number of anilines is 1. The van der Waals surface area contributed by atoms with E-state index in [1.54, 1.807) is 24.3 Å². The Balaban J connectivity index is 2.17. The molecule has 0 radical (unpaired) electrons. The number of carbonyl (C=O) groups is 1. The van der Waals surface area contributed by atoms with E-state index in [1.807, 2.05) is 5.32 Å². The number of para-hydroxylation sites is 1. The number of carbonyl (C=O) groups excluding carboxylic acids is 1. The lowest BCUT2D eigenvalue weighted by Gasteiger charge is -2.11. The SMILES string of the molecule is O=C(NC(=S)Nc1ccccc1Cl)c1cc(F)c(F)c(F)c1F. The normalized spacial score (nSPS) is 10.3. The minimum Gasteiger partial charge on any atom is -0.331 e. The van der Waals surface area contributed by atoms with Crippen molar-refractivity contribution < 1.29 is 22.4 Å². The summed E-state index contributed by atoms with van der Waals surface area (Å²) >= 11 is 10.7. The first kappa shape index (κ1) is 17.2. The molecule has 0 saturated heterocycles. The Bertz CT molecular complexity index is 801. The van der Waals surface area contributed by atoms with Gasteiger partial charge in [0.2, 0.25) is 0 Å². The van der Waals surface area contributed by atoms with Crippen LogP contribution in [0.15, 0.2) is 30.3 Å². The predicted molar refractivity (Wildman–Crippen MR) is 81.4 cm³/mol. The Morgan fingerprint density at radius 3 is 2.35 bits per heavy atom. The molecule has 0 atom stereocenters. The molecule has 2 aromatic carbocycles. The molecule has 0 aliphatic rings. The summed E-state index contributed by atoms with van der Waals surface area (Å²) in [6.07, 6.45) is 0. The number of amides is 1. The largest absolute Gasteiger partial charge is 0.331 e. The van der Waals surface area contributed by atoms with Crippen molar-refractivity contribution in [2.24, 2.45) is 0 Å². The molecule has 0 aliphatic carbocycles. The smallest absolute Gasteiger partial charge is 0.260 e. The van der Waals surface area contributed by atoms with Crippen molar-refractivity contribution in [2.45, 2.75) is 0 Å². The molecule has 3 nitrogen and oxygen atoms in total. The van der Waals surface area contributed by atoms with Gasteiger partial charge in [-0.1, -0.05) is 23.7 Å². The molecule has 0 aliphatic heterocycles. The van der Waals surface area contributed by atoms with Crippen molar-refractivity contribution in [3.05, 3.63) is 64.2 Å². The zero-order valence-electron chi connectivity index (χ0n) is 11.1. The van der Waals surface area contributed by atoms with Crippen molar-refractivity contribution in [1.82, 2.24) is 5.32 Å². The lowest BCUT2D eigenvalue weighted by Crippen LogP contribution is -2.35. The van der Waals surface area contributed by atoms with Gasteiger partial charge in [-0.25, -0.2) is 17.6 Å². The lowest BCUT2D eigenvalue weighted by molar-refractivity contribution is 0.0971. The van der Waals surface area contributed by atoms with Gasteiger partial charge in [-0.3, -0.25) is 10.1 Å². The number of thiocarbonyl (C=S) groups is 1. The van der Waals surface area contributed by atoms with Crippen LogP contribution in [0.2, 0.25) is 5.02 Å². The van der Waals surface area contributed by atoms with Gasteiger partial charge in [-0.2, -0.15) is 0 Å². The second kappa shape index (κ2) is 6.93. The molecule has 0 saturated carbocycles. The maximum atomic E-state index is 13.5. The van der Waals surface area contributed by atoms with E-state index < -0.39 is 34.7 Å². The third kappa shape index (κ3) is 3.77. The fourth-order valence-corrected chi connectivity index (χ4v) is 2.01. The molecule has 1 amide bonds. The number of nitrogens with one attached hydrogen (secondary N) is 2. The van der Waals surface area contributed by atoms with Gasteiger partial charge < -0.3 is 5.32 Å². The predicted octanol–water partition coefficient (Wildman–Crippen LogP) is 4.02. The van der Waals surface area contributed by atoms with Gasteiger partial charge in [0, 0.05) is 0 Å². The standard InChI is InChI=1S/C14H7ClF4N2OS/c15-7-3-1-2-4-9(7)20-14(23)21-13(22)6-5-8(16)11(18)12(19)10(6)17/h1-5H,(H2,20,21,22,23). The number of halogens is 5. The van der Waals surface area contributed by atoms with Crippen molar-refractivity contribution >= 4 is 40.5 Å². The first-order valence-electron chi connectivity index (χ1n) is 6.01. The Hall–Kier alpha value is -2.19. The lowest BCUT2D eigenvalue weighted by atomic mass is 10.1. The Morgan fingerprint density at radius 2 is 1.70 bits per heavy atom. The summed E-state index contributed by atoms with van der Waals surface area (Å²) in [5, 5.41) is 4.58. The molecule has 2 aromatic rings. The maximum Gasteiger partial charge on any atom is 0.260 e. The molecule has 0 bridgehead atoms. The highest BCUT2D eigenvalue weighted by Gasteiger charge is 2.23. The first-order chi connectivity index (χ1) is 10.8. The summed E-state index contributed by atoms with van der Waals surface area (Å²) in [5.74, 6) is -8.85. The van der Waals surface area contributed by atoms with Crippen LogP contribution >= 0.6 is 23.8 Å². The van der Waals surface area contributed by atoms with E-state index in [-0.39, 0.29) is 11.2 Å². The van der Waals surface area contributed by atoms with Gasteiger partial charge in [-0.15, -0.1) is 0 Å². The number of benzene rings is 2. The summed E-state index contributed by atoms with van der Waals surface area (Å²) in [6, 6.07) is 6.65. The third-order valence-corrected chi connectivity index (χ3v) is 3.23. The monoisotopic (exact) mass is 362 g/mol. The minimum atomic E-state index is -2.08. The Labute approximate surface area is 138 Å². The number of rotatable bonds is 2. The van der Waals surface area contributed by atoms with Crippen LogP contribution < -0.4 is 10.6 Å². The van der Waals surface area contributed by atoms with E-state index in [1.165, 1.54) is 0 Å². The van der Waals surface area contributed by atoms with E-state index >= 15 is 0 Å². The van der Waals surface area contributed by atoms with Crippen LogP contribution in [0.3, 0.4) is 0 Å². The molecule has 0 aromatic heterocycles. The maximum absolute atomic E-state index is 13.5. The molecule has 0 fully saturated rings. The molecule has 2 rings (SSSR count). The zero-order valence-corrected chi connectivity index (χ0v) is 12.7. The average molecular weight is 363 g/mol. The quantitative estimate of drug-likeness (QED) is 0.367. The van der Waals surface area contributed by atoms with Gasteiger partial charge in [0.1, 0.15) is 0 Å². The summed E-state index contributed by atoms with van der Waals surface area (Å²) in [5.41, 5.74) is -0.666. The summed E-state index contributed by atoms with van der Waals surface area (Å²) in [4.78, 5) is 11.8. The van der Waals surface area contributed by atoms with Gasteiger partial charge in [0.25, 0.3) is 5.91 Å². The van der Waals surface area contributed by atoms with Gasteiger partial charge in [0.05, 0.1) is 16.3 Å². The van der Waals surface area contributed by atoms with Crippen molar-refractivity contribution in [2.75, 3.05) is 5.32 Å². The molecule has 0 unspecified atom stereocenters. The molecule has 2 N–H and O–H groups in total. The van der Waals surface area contributed by atoms with E-state index in [2.05, 4.69) is 5.32 Å². The number of hydrogen-bond acceptors (Lipinski definition) is 2. The molecule has 23 heavy (non-hydrogen) atoms. The van der Waals surface area contributed by atoms with Crippen molar-refractivity contribution in [1.29, 1.82) is 0 Å². The number of hydrogen-bond donors (Lipinski definition) is 2. The highest BCUT2D eigenvalue weighted by atomic mass is 35.5. The highest BCUT2D eigenvalue weighted by Crippen LogP contribution is 2.21. The van der Waals surface area contributed by atoms with Crippen LogP contribution in [0.4, 0.5) is 23.2 Å². The Kier molecular flexibility index (Phi) is 5.17. The first-order valence-corrected chi connectivity index (χ1v) is 6.79. The van der Waals surface area contributed by atoms with Crippen LogP contribution in [0.25, 0.3) is 0 Å². The molecule has 120 valence electrons. The summed E-state index contributed by atoms with van der Waals surface area (Å²) in [6.45, 7) is 0. The van der Waals surface area contributed by atoms with Gasteiger partial charge in [0.15, 0.2) is 28.4 Å². The second-order valence-corrected chi connectivity index (χ2v) is 5.05. The van der Waals surface area contributed by atoms with Crippen molar-refractivity contribution in [3.8, 4) is 0 Å². The summed E-state index contributed by atoms with van der Waals surface area (Å²) < 4.78 is 52.6. The van der Waals surface area contributed by atoms with Crippen LogP contribution in [-0.4, -0.2) is 11.0 Å². The van der Waals surface area contributed by atoms with Crippen LogP contribution in [0, 0.1) is 23.3 Å². The average Bonchev–Trinajstić information content (AvgIpc) is 2.51. The Morgan fingerprint density at radius 1 is 1.04 bits per heavy atom. The topological polar surface area (TPSA) is 41.1 Å². The molecule has 9 heteroatoms. The highest BCUT2D eigenvalue weighted by molar-refractivity contribution is 7.80. The van der Waals surface area contributed by atoms with Crippen LogP contribution in [0.5, 0.6) is 0 Å². The third-order valence-electron chi connectivity index (χ3n) is 2.70.